The van der Waals surface area contributed by atoms with Gasteiger partial charge in [0.1, 0.15) is 0 Å². The first-order chi connectivity index (χ1) is 8.65. The van der Waals surface area contributed by atoms with E-state index in [2.05, 4.69) is 25.9 Å². The normalized spacial score (nSPS) is 11.1. The van der Waals surface area contributed by atoms with Crippen molar-refractivity contribution in [1.82, 2.24) is 14.4 Å². The van der Waals surface area contributed by atoms with Gasteiger partial charge in [-0.1, -0.05) is 23.7 Å². The van der Waals surface area contributed by atoms with Gasteiger partial charge in [0.05, 0.1) is 10.2 Å². The number of nitrogens with zero attached hydrogens (tertiary/aromatic N) is 3. The summed E-state index contributed by atoms with van der Waals surface area (Å²) in [5, 5.41) is 0.707. The second-order valence-corrected chi connectivity index (χ2v) is 5.35. The molecule has 3 aromatic rings. The molecule has 18 heavy (non-hydrogen) atoms. The summed E-state index contributed by atoms with van der Waals surface area (Å²) in [5.41, 5.74) is 2.95. The van der Waals surface area contributed by atoms with Crippen molar-refractivity contribution in [3.05, 3.63) is 51.8 Å². The molecule has 0 unspecified atom stereocenters. The van der Waals surface area contributed by atoms with Crippen molar-refractivity contribution in [1.29, 1.82) is 0 Å². The third kappa shape index (κ3) is 1.91. The molecule has 0 radical (unpaired) electrons. The number of benzene rings is 1. The van der Waals surface area contributed by atoms with Gasteiger partial charge in [0.15, 0.2) is 0 Å². The van der Waals surface area contributed by atoms with Crippen molar-refractivity contribution < 1.29 is 0 Å². The lowest BCUT2D eigenvalue weighted by Crippen LogP contribution is -1.89. The maximum absolute atomic E-state index is 6.01. The summed E-state index contributed by atoms with van der Waals surface area (Å²) in [6.07, 6.45) is 3.70. The van der Waals surface area contributed by atoms with E-state index in [9.17, 15) is 0 Å². The molecule has 3 rings (SSSR count). The Bertz CT molecular complexity index is 736. The molecule has 90 valence electrons. The van der Waals surface area contributed by atoms with Crippen molar-refractivity contribution >= 4 is 33.3 Å². The number of rotatable bonds is 1. The van der Waals surface area contributed by atoms with Crippen LogP contribution in [0.5, 0.6) is 0 Å². The van der Waals surface area contributed by atoms with Crippen LogP contribution in [-0.2, 0) is 0 Å². The topological polar surface area (TPSA) is 30.2 Å². The highest BCUT2D eigenvalue weighted by Gasteiger charge is 2.11. The van der Waals surface area contributed by atoms with Crippen LogP contribution in [0.4, 0.5) is 0 Å². The van der Waals surface area contributed by atoms with Gasteiger partial charge in [-0.05, 0) is 35.0 Å². The van der Waals surface area contributed by atoms with E-state index in [-0.39, 0.29) is 0 Å². The largest absolute Gasteiger partial charge is 0.287 e. The second-order valence-electron chi connectivity index (χ2n) is 4.00. The van der Waals surface area contributed by atoms with E-state index >= 15 is 0 Å². The molecule has 0 atom stereocenters. The molecule has 0 fully saturated rings. The summed E-state index contributed by atoms with van der Waals surface area (Å²) < 4.78 is 2.88. The van der Waals surface area contributed by atoms with Gasteiger partial charge in [-0.15, -0.1) is 0 Å². The molecule has 0 spiro atoms. The summed E-state index contributed by atoms with van der Waals surface area (Å²) in [6.45, 7) is 2.02. The van der Waals surface area contributed by atoms with Crippen molar-refractivity contribution in [3.8, 4) is 11.3 Å². The first kappa shape index (κ1) is 11.7. The van der Waals surface area contributed by atoms with Crippen LogP contribution >= 0.6 is 27.5 Å². The van der Waals surface area contributed by atoms with Gasteiger partial charge >= 0.3 is 0 Å². The van der Waals surface area contributed by atoms with Crippen molar-refractivity contribution in [3.63, 3.8) is 0 Å². The molecule has 0 aliphatic carbocycles. The lowest BCUT2D eigenvalue weighted by molar-refractivity contribution is 1.05. The number of fused-ring (bicyclic) bond motifs is 1. The first-order valence-electron chi connectivity index (χ1n) is 5.41. The van der Waals surface area contributed by atoms with Gasteiger partial charge in [0.25, 0.3) is 0 Å². The van der Waals surface area contributed by atoms with Crippen LogP contribution in [-0.4, -0.2) is 14.4 Å². The maximum atomic E-state index is 6.01. The number of imidazole rings is 1. The Morgan fingerprint density at radius 1 is 1.33 bits per heavy atom. The standard InChI is InChI=1S/C13H9BrClN3/c1-8-12(9-3-2-4-11(15)5-9)17-13-16-6-10(14)7-18(8)13/h2-7H,1H3. The SMILES string of the molecule is Cc1c(-c2cccc(Cl)c2)nc2ncc(Br)cn12. The minimum absolute atomic E-state index is 0.686. The fraction of sp³-hybridized carbons (Fsp3) is 0.0769. The van der Waals surface area contributed by atoms with E-state index in [1.165, 1.54) is 0 Å². The molecule has 5 heteroatoms. The average molecular weight is 323 g/mol. The monoisotopic (exact) mass is 321 g/mol. The zero-order chi connectivity index (χ0) is 12.7. The number of halogens is 2. The van der Waals surface area contributed by atoms with Crippen LogP contribution in [0, 0.1) is 6.92 Å². The fourth-order valence-electron chi connectivity index (χ4n) is 1.93. The van der Waals surface area contributed by atoms with Gasteiger partial charge in [-0.2, -0.15) is 0 Å². The first-order valence-corrected chi connectivity index (χ1v) is 6.58. The molecule has 2 aromatic heterocycles. The fourth-order valence-corrected chi connectivity index (χ4v) is 2.43. The Morgan fingerprint density at radius 2 is 2.17 bits per heavy atom. The van der Waals surface area contributed by atoms with Gasteiger partial charge < -0.3 is 0 Å². The zero-order valence-corrected chi connectivity index (χ0v) is 11.9. The van der Waals surface area contributed by atoms with Crippen LogP contribution in [0.15, 0.2) is 41.1 Å². The van der Waals surface area contributed by atoms with Crippen molar-refractivity contribution in [2.24, 2.45) is 0 Å². The third-order valence-electron chi connectivity index (χ3n) is 2.79. The highest BCUT2D eigenvalue weighted by Crippen LogP contribution is 2.26. The molecule has 0 bridgehead atoms. The summed E-state index contributed by atoms with van der Waals surface area (Å²) in [7, 11) is 0. The highest BCUT2D eigenvalue weighted by molar-refractivity contribution is 9.10. The molecular formula is C13H9BrClN3. The molecule has 0 aliphatic heterocycles. The maximum Gasteiger partial charge on any atom is 0.234 e. The molecule has 3 nitrogen and oxygen atoms in total. The van der Waals surface area contributed by atoms with E-state index in [0.717, 1.165) is 21.4 Å². The number of hydrogen-bond donors (Lipinski definition) is 0. The van der Waals surface area contributed by atoms with Gasteiger partial charge in [0, 0.05) is 28.7 Å². The molecule has 0 aliphatic rings. The molecular weight excluding hydrogens is 314 g/mol. The van der Waals surface area contributed by atoms with E-state index < -0.39 is 0 Å². The lowest BCUT2D eigenvalue weighted by atomic mass is 10.1. The second kappa shape index (κ2) is 4.37. The van der Waals surface area contributed by atoms with Crippen LogP contribution in [0.1, 0.15) is 5.69 Å². The Labute approximate surface area is 118 Å². The minimum atomic E-state index is 0.686. The van der Waals surface area contributed by atoms with Crippen molar-refractivity contribution in [2.75, 3.05) is 0 Å². The van der Waals surface area contributed by atoms with Crippen LogP contribution in [0.3, 0.4) is 0 Å². The summed E-state index contributed by atoms with van der Waals surface area (Å²) in [6, 6.07) is 7.68. The predicted molar refractivity (Wildman–Crippen MR) is 75.9 cm³/mol. The number of aryl methyl sites for hydroxylation is 1. The Morgan fingerprint density at radius 3 is 2.94 bits per heavy atom. The summed E-state index contributed by atoms with van der Waals surface area (Å²) >= 11 is 9.42. The summed E-state index contributed by atoms with van der Waals surface area (Å²) in [4.78, 5) is 8.82. The molecule has 1 aromatic carbocycles. The number of hydrogen-bond acceptors (Lipinski definition) is 2. The third-order valence-corrected chi connectivity index (χ3v) is 3.43. The molecule has 2 heterocycles. The van der Waals surface area contributed by atoms with Gasteiger partial charge in [0.2, 0.25) is 5.78 Å². The Kier molecular flexibility index (Phi) is 2.84. The summed E-state index contributed by atoms with van der Waals surface area (Å²) in [5.74, 6) is 0.686. The smallest absolute Gasteiger partial charge is 0.234 e. The number of aromatic nitrogens is 3. The zero-order valence-electron chi connectivity index (χ0n) is 9.56. The Hall–Kier alpha value is -1.39. The van der Waals surface area contributed by atoms with Gasteiger partial charge in [-0.25, -0.2) is 9.97 Å². The van der Waals surface area contributed by atoms with E-state index in [0.29, 0.717) is 10.8 Å². The van der Waals surface area contributed by atoms with Crippen LogP contribution < -0.4 is 0 Å². The molecule has 0 saturated heterocycles. The predicted octanol–water partition coefficient (Wildman–Crippen LogP) is 4.12. The minimum Gasteiger partial charge on any atom is -0.287 e. The molecule has 0 saturated carbocycles. The van der Waals surface area contributed by atoms with E-state index in [1.807, 2.05) is 41.8 Å². The van der Waals surface area contributed by atoms with Crippen LogP contribution in [0.2, 0.25) is 5.02 Å². The molecule has 0 amide bonds. The van der Waals surface area contributed by atoms with E-state index in [4.69, 9.17) is 11.6 Å². The van der Waals surface area contributed by atoms with Crippen LogP contribution in [0.25, 0.3) is 17.0 Å². The Balaban J connectivity index is 2.27. The molecule has 0 N–H and O–H groups in total. The van der Waals surface area contributed by atoms with Gasteiger partial charge in [-0.3, -0.25) is 4.40 Å². The lowest BCUT2D eigenvalue weighted by Gasteiger charge is -2.00. The average Bonchev–Trinajstić information content (AvgIpc) is 2.67. The van der Waals surface area contributed by atoms with E-state index in [1.54, 1.807) is 6.20 Å². The quantitative estimate of drug-likeness (QED) is 0.674. The van der Waals surface area contributed by atoms with Crippen molar-refractivity contribution in [2.45, 2.75) is 6.92 Å². The highest BCUT2D eigenvalue weighted by atomic mass is 79.9.